The summed E-state index contributed by atoms with van der Waals surface area (Å²) in [6.45, 7) is 14.9. The van der Waals surface area contributed by atoms with Gasteiger partial charge in [0.1, 0.15) is 29.8 Å². The number of methoxy groups -OCH3 is 1. The number of nitrogens with zero attached hydrogens (tertiary/aromatic N) is 11. The number of imidazole rings is 2. The predicted molar refractivity (Wildman–Crippen MR) is 278 cm³/mol. The van der Waals surface area contributed by atoms with Crippen LogP contribution in [0.2, 0.25) is 0 Å². The van der Waals surface area contributed by atoms with Crippen LogP contribution in [-0.4, -0.2) is 178 Å². The second-order valence-corrected chi connectivity index (χ2v) is 22.2. The minimum atomic E-state index is -3.86. The van der Waals surface area contributed by atoms with Crippen molar-refractivity contribution >= 4 is 31.1 Å². The highest BCUT2D eigenvalue weighted by Crippen LogP contribution is 2.35. The Balaban J connectivity index is 0.000000219. The zero-order valence-corrected chi connectivity index (χ0v) is 45.5. The van der Waals surface area contributed by atoms with E-state index in [1.807, 2.05) is 32.7 Å². The number of hydrogen-bond acceptors (Lipinski definition) is 18. The first-order valence-electron chi connectivity index (χ1n) is 25.0. The van der Waals surface area contributed by atoms with Gasteiger partial charge in [0.05, 0.1) is 45.5 Å². The zero-order valence-electron chi connectivity index (χ0n) is 43.9. The molecule has 0 spiro atoms. The minimum Gasteiger partial charge on any atom is -0.493 e. The van der Waals surface area contributed by atoms with Crippen LogP contribution in [-0.2, 0) is 42.5 Å². The molecule has 0 radical (unpaired) electrons. The number of rotatable bonds is 24. The first-order valence-corrected chi connectivity index (χ1v) is 27.8. The largest absolute Gasteiger partial charge is 0.493 e. The van der Waals surface area contributed by atoms with Crippen LogP contribution < -0.4 is 20.6 Å². The first kappa shape index (κ1) is 56.4. The topological polar surface area (TPSA) is 287 Å². The van der Waals surface area contributed by atoms with E-state index >= 15 is 0 Å². The molecule has 2 saturated heterocycles. The summed E-state index contributed by atoms with van der Waals surface area (Å²) in [4.78, 5) is 59.3. The van der Waals surface area contributed by atoms with Gasteiger partial charge in [0, 0.05) is 77.9 Å². The molecule has 0 saturated carbocycles. The van der Waals surface area contributed by atoms with E-state index in [1.165, 1.54) is 31.3 Å². The fourth-order valence-corrected chi connectivity index (χ4v) is 12.0. The number of H-pyrrole nitrogens is 2. The molecule has 8 rings (SSSR count). The molecule has 2 aliphatic heterocycles. The number of benzene rings is 2. The molecule has 0 atom stereocenters. The van der Waals surface area contributed by atoms with Crippen LogP contribution in [0.3, 0.4) is 0 Å². The summed E-state index contributed by atoms with van der Waals surface area (Å²) in [6.07, 6.45) is 3.84. The molecule has 0 unspecified atom stereocenters. The van der Waals surface area contributed by atoms with E-state index in [0.29, 0.717) is 109 Å². The number of fused-ring (bicyclic) bond motifs is 2. The van der Waals surface area contributed by atoms with Gasteiger partial charge in [-0.25, -0.2) is 35.8 Å². The fraction of sp³-hybridized carbons (Fsp3) is 0.542. The van der Waals surface area contributed by atoms with E-state index < -0.39 is 25.1 Å². The van der Waals surface area contributed by atoms with E-state index in [9.17, 15) is 36.5 Å². The highest BCUT2D eigenvalue weighted by molar-refractivity contribution is 7.89. The maximum absolute atomic E-state index is 13.5. The summed E-state index contributed by atoms with van der Waals surface area (Å²) in [5.74, 6) is 2.56. The second kappa shape index (κ2) is 24.1. The van der Waals surface area contributed by atoms with Crippen molar-refractivity contribution in [2.45, 2.75) is 95.5 Å². The van der Waals surface area contributed by atoms with Gasteiger partial charge in [-0.05, 0) is 97.5 Å². The van der Waals surface area contributed by atoms with Crippen molar-refractivity contribution in [2.24, 2.45) is 0 Å². The molecule has 27 heteroatoms. The number of nitrogens with one attached hydrogen (secondary N) is 2. The number of aromatic nitrogens is 8. The summed E-state index contributed by atoms with van der Waals surface area (Å²) >= 11 is 0. The Hall–Kier alpha value is -6.36. The molecule has 75 heavy (non-hydrogen) atoms. The monoisotopic (exact) mass is 1080 g/mol. The number of sulfonamides is 2. The molecule has 6 heterocycles. The molecule has 0 aliphatic carbocycles. The molecular weight excluding hydrogens is 1010 g/mol. The van der Waals surface area contributed by atoms with Crippen LogP contribution in [0.25, 0.3) is 33.8 Å². The Morgan fingerprint density at radius 3 is 1.51 bits per heavy atom. The van der Waals surface area contributed by atoms with E-state index in [1.54, 1.807) is 57.6 Å². The van der Waals surface area contributed by atoms with Crippen molar-refractivity contribution in [2.75, 3.05) is 86.9 Å². The van der Waals surface area contributed by atoms with Crippen LogP contribution in [0.5, 0.6) is 11.5 Å². The smallest absolute Gasteiger partial charge is 0.294 e. The Labute approximate surface area is 435 Å². The van der Waals surface area contributed by atoms with Gasteiger partial charge in [0.25, 0.3) is 16.2 Å². The zero-order chi connectivity index (χ0) is 54.4. The van der Waals surface area contributed by atoms with Crippen LogP contribution in [0.15, 0.2) is 55.8 Å². The lowest BCUT2D eigenvalue weighted by Gasteiger charge is -2.43. The Kier molecular flexibility index (Phi) is 18.1. The van der Waals surface area contributed by atoms with Gasteiger partial charge in [0.15, 0.2) is 22.7 Å². The van der Waals surface area contributed by atoms with E-state index in [0.717, 1.165) is 25.8 Å². The van der Waals surface area contributed by atoms with E-state index in [-0.39, 0.29) is 64.3 Å². The van der Waals surface area contributed by atoms with Gasteiger partial charge in [-0.1, -0.05) is 13.8 Å². The molecule has 2 aliphatic rings. The van der Waals surface area contributed by atoms with Crippen molar-refractivity contribution < 1.29 is 41.0 Å². The number of aromatic amines is 2. The number of hydrogen-bond donors (Lipinski definition) is 2. The quantitative estimate of drug-likeness (QED) is 0.0499. The molecule has 0 bridgehead atoms. The van der Waals surface area contributed by atoms with Crippen molar-refractivity contribution in [3.63, 3.8) is 0 Å². The van der Waals surface area contributed by atoms with E-state index in [2.05, 4.69) is 39.9 Å². The first-order chi connectivity index (χ1) is 35.8. The molecule has 4 aromatic heterocycles. The predicted octanol–water partition coefficient (Wildman–Crippen LogP) is 3.34. The van der Waals surface area contributed by atoms with Gasteiger partial charge >= 0.3 is 0 Å². The third kappa shape index (κ3) is 12.2. The average molecular weight is 1080 g/mol. The summed E-state index contributed by atoms with van der Waals surface area (Å²) < 4.78 is 76.2. The molecule has 2 aromatic carbocycles. The Morgan fingerprint density at radius 1 is 0.693 bits per heavy atom. The minimum absolute atomic E-state index is 0.0343. The molecule has 408 valence electrons. The third-order valence-corrected chi connectivity index (χ3v) is 16.8. The van der Waals surface area contributed by atoms with Gasteiger partial charge in [-0.3, -0.25) is 14.5 Å². The highest BCUT2D eigenvalue weighted by atomic mass is 32.2. The number of ether oxygens (including phenoxy) is 3. The SMILES string of the molecule is CCCc1nc(C)c2c(=O)[nH]c(-c3cc(S(=O)(=O)N4CC(N(C)CCCOC)C4)ccc3OCC)nn12.CCCc1nc(C)c2c(=O)[nH]c(-c3cc(S(=O)(=O)N4CC(N(C)CCO[N+](=O)[O-])C4)ccc3OCC)nn12. The van der Waals surface area contributed by atoms with Gasteiger partial charge < -0.3 is 33.9 Å². The maximum Gasteiger partial charge on any atom is 0.294 e. The normalized spacial score (nSPS) is 14.8. The van der Waals surface area contributed by atoms with Gasteiger partial charge in [-0.15, -0.1) is 20.3 Å². The molecule has 0 amide bonds. The Morgan fingerprint density at radius 2 is 1.12 bits per heavy atom. The number of aryl methyl sites for hydroxylation is 4. The lowest BCUT2D eigenvalue weighted by atomic mass is 10.1. The second-order valence-electron chi connectivity index (χ2n) is 18.4. The van der Waals surface area contributed by atoms with Crippen molar-refractivity contribution in [1.29, 1.82) is 0 Å². The van der Waals surface area contributed by atoms with Gasteiger partial charge in [0.2, 0.25) is 20.0 Å². The Bertz CT molecular complexity index is 3350. The lowest BCUT2D eigenvalue weighted by molar-refractivity contribution is -0.757. The van der Waals surface area contributed by atoms with E-state index in [4.69, 9.17) is 14.2 Å². The average Bonchev–Trinajstić information content (AvgIpc) is 3.83. The lowest BCUT2D eigenvalue weighted by Crippen LogP contribution is -2.60. The fourth-order valence-electron chi connectivity index (χ4n) is 8.92. The maximum atomic E-state index is 13.5. The molecule has 25 nitrogen and oxygen atoms in total. The molecule has 2 fully saturated rings. The van der Waals surface area contributed by atoms with Crippen LogP contribution in [0.1, 0.15) is 70.0 Å². The summed E-state index contributed by atoms with van der Waals surface area (Å²) in [5, 5.41) is 18.8. The molecule has 2 N–H and O–H groups in total. The summed E-state index contributed by atoms with van der Waals surface area (Å²) in [6, 6.07) is 9.24. The van der Waals surface area contributed by atoms with Crippen molar-refractivity contribution in [3.8, 4) is 34.3 Å². The summed E-state index contributed by atoms with van der Waals surface area (Å²) in [5.41, 5.74) is 1.93. The van der Waals surface area contributed by atoms with Crippen molar-refractivity contribution in [3.05, 3.63) is 90.3 Å². The standard InChI is InChI=1S/C25H36N6O5S.C23H31N7O7S/c1-6-9-22-26-17(3)23-25(32)27-24(28-31(22)23)20-14-19(10-11-21(20)36-7-2)37(33,34)30-15-18(16-30)29(4)12-8-13-35-5;1-5-7-20-24-15(3)21-23(31)25-22(26-29(20)21)18-12-17(8-9-19(18)36-6-2)38(34,35)28-13-16(14-28)27(4)10-11-37-30(32)33/h10-11,14,18H,6-9,12-13,15-16H2,1-5H3,(H,27,28,32);8-9,12,16H,5-7,10-11,13-14H2,1-4H3,(H,25,26,31). The van der Waals surface area contributed by atoms with Crippen LogP contribution in [0.4, 0.5) is 0 Å². The highest BCUT2D eigenvalue weighted by Gasteiger charge is 2.40. The van der Waals surface area contributed by atoms with Gasteiger partial charge in [-0.2, -0.15) is 8.61 Å². The summed E-state index contributed by atoms with van der Waals surface area (Å²) in [7, 11) is -2.16. The van der Waals surface area contributed by atoms with Crippen LogP contribution >= 0.6 is 0 Å². The number of likely N-dealkylation sites (N-methyl/N-ethyl adjacent to an activating group) is 2. The molecular formula is C48H67N13O12S2. The molecule has 6 aromatic rings. The van der Waals surface area contributed by atoms with Crippen molar-refractivity contribution in [1.82, 2.24) is 57.6 Å². The van der Waals surface area contributed by atoms with Crippen LogP contribution in [0, 0.1) is 24.0 Å². The third-order valence-electron chi connectivity index (χ3n) is 13.1.